The Balaban J connectivity index is 1.13. The van der Waals surface area contributed by atoms with Crippen molar-refractivity contribution in [2.75, 3.05) is 12.4 Å². The Bertz CT molecular complexity index is 4700. The summed E-state index contributed by atoms with van der Waals surface area (Å²) in [4.78, 5) is -0.958. The lowest BCUT2D eigenvalue weighted by Gasteiger charge is -2.13. The highest BCUT2D eigenvalue weighted by Gasteiger charge is 2.28. The molecule has 0 aliphatic heterocycles. The molecule has 0 unspecified atom stereocenters. The smallest absolute Gasteiger partial charge is 0.297 e. The van der Waals surface area contributed by atoms with E-state index in [1.807, 2.05) is 0 Å². The fourth-order valence-electron chi connectivity index (χ4n) is 7.56. The highest BCUT2D eigenvalue weighted by molar-refractivity contribution is 7.87. The lowest BCUT2D eigenvalue weighted by atomic mass is 10.1. The summed E-state index contributed by atoms with van der Waals surface area (Å²) in [7, 11) is -30.6. The summed E-state index contributed by atoms with van der Waals surface area (Å²) in [6, 6.07) is 11.7. The zero-order valence-corrected chi connectivity index (χ0v) is 44.8. The summed E-state index contributed by atoms with van der Waals surface area (Å²) < 4.78 is 212. The molecule has 8 aromatic rings. The molecule has 0 aliphatic carbocycles. The van der Waals surface area contributed by atoms with Gasteiger partial charge in [-0.2, -0.15) is 60.3 Å². The average Bonchev–Trinajstić information content (AvgIpc) is 4.07. The van der Waals surface area contributed by atoms with Crippen LogP contribution in [0.2, 0.25) is 0 Å². The monoisotopic (exact) mass is 1230 g/mol. The molecule has 2 aromatic heterocycles. The van der Waals surface area contributed by atoms with E-state index in [1.165, 1.54) is 24.3 Å². The second kappa shape index (κ2) is 21.0. The maximum absolute atomic E-state index is 12.9. The van der Waals surface area contributed by atoms with E-state index in [0.29, 0.717) is 22.4 Å². The van der Waals surface area contributed by atoms with Crippen LogP contribution in [0.5, 0.6) is 17.4 Å². The zero-order valence-electron chi connectivity index (χ0n) is 39.0. The lowest BCUT2D eigenvalue weighted by molar-refractivity contribution is 0.278. The number of thiazole rings is 1. The van der Waals surface area contributed by atoms with Crippen LogP contribution in [0.15, 0.2) is 134 Å². The highest BCUT2D eigenvalue weighted by Crippen LogP contribution is 2.45. The van der Waals surface area contributed by atoms with Gasteiger partial charge in [0.1, 0.15) is 42.4 Å². The quantitative estimate of drug-likeness (QED) is 0.0234. The van der Waals surface area contributed by atoms with E-state index in [1.54, 1.807) is 6.92 Å². The number of hydrogen-bond donors (Lipinski definition) is 9. The van der Waals surface area contributed by atoms with Crippen LogP contribution < -0.4 is 4.74 Å². The van der Waals surface area contributed by atoms with Crippen molar-refractivity contribution in [1.82, 2.24) is 14.8 Å². The van der Waals surface area contributed by atoms with Gasteiger partial charge in [-0.3, -0.25) is 27.3 Å². The Kier molecular flexibility index (Phi) is 15.3. The molecule has 0 bridgehead atoms. The number of aliphatic hydroxyl groups excluding tert-OH is 1. The number of aromatic nitrogens is 3. The molecular weight excluding hydrogens is 1190 g/mol. The SMILES string of the molecule is Cc1cc(N=Nc2ccc3c(S(=O)(=O)O)c(N=Nc4cnn(-c5cc(S(=O)(=O)O)c6cc(S(=O)(=O)O)cc(S(=O)(=O)O)c6c5)c4O)ccc3c2O)c(OCCCS(=O)(=O)O)cc1N=Nc1nc2ccc(CO)c(S(=O)(=O)O)c2s1. The summed E-state index contributed by atoms with van der Waals surface area (Å²) in [5.41, 5.74) is -1.70. The van der Waals surface area contributed by atoms with Crippen molar-refractivity contribution in [2.45, 2.75) is 44.4 Å². The number of aromatic hydroxyl groups is 2. The molecule has 416 valence electrons. The molecule has 0 spiro atoms. The van der Waals surface area contributed by atoms with Gasteiger partial charge < -0.3 is 20.1 Å². The van der Waals surface area contributed by atoms with Crippen molar-refractivity contribution in [2.24, 2.45) is 30.7 Å². The Morgan fingerprint density at radius 2 is 1.18 bits per heavy atom. The number of aryl methyl sites for hydroxylation is 1. The number of rotatable bonds is 18. The molecule has 0 radical (unpaired) electrons. The van der Waals surface area contributed by atoms with E-state index in [2.05, 4.69) is 40.8 Å². The Hall–Kier alpha value is -7.44. The molecule has 0 saturated carbocycles. The minimum Gasteiger partial charge on any atom is -0.505 e. The average molecular weight is 1230 g/mol. The topological polar surface area (TPSA) is 501 Å². The van der Waals surface area contributed by atoms with Gasteiger partial charge in [0.15, 0.2) is 11.4 Å². The van der Waals surface area contributed by atoms with Crippen LogP contribution in [-0.2, 0) is 67.3 Å². The second-order valence-corrected chi connectivity index (χ2v) is 25.8. The standard InChI is InChI=1S/C41H33N9O22S7/c1-19-11-31(33(72-9-2-10-74(54,55)56)16-30(19)46-49-41-43-28-6-3-20(18-51)38(37(28)73-41)78(66,67)68)47-44-27-7-5-24-23(36(27)52)4-8-29(39(24)79(69,70)71)45-48-32-17-42-50(40(32)53)21-12-25-26(34(13-21)76(60,61)62)14-22(75(57,58)59)15-35(25)77(63,64)65/h3-8,11-17,51-53H,2,9-10,18H2,1H3,(H,54,55,56)(H,57,58,59)(H,60,61,62)(H,63,64,65)(H,66,67,68)(H,69,70,71). The Morgan fingerprint density at radius 1 is 0.582 bits per heavy atom. The van der Waals surface area contributed by atoms with Crippen molar-refractivity contribution < 1.29 is 97.9 Å². The van der Waals surface area contributed by atoms with E-state index in [9.17, 15) is 93.1 Å². The molecule has 6 aromatic carbocycles. The summed E-state index contributed by atoms with van der Waals surface area (Å²) in [5, 5.41) is 57.7. The third kappa shape index (κ3) is 12.4. The van der Waals surface area contributed by atoms with Crippen molar-refractivity contribution in [1.29, 1.82) is 0 Å². The molecular formula is C41H33N9O22S7. The minimum absolute atomic E-state index is 0.0155. The normalized spacial score (nSPS) is 13.3. The van der Waals surface area contributed by atoms with Gasteiger partial charge in [0.2, 0.25) is 11.0 Å². The van der Waals surface area contributed by atoms with Gasteiger partial charge >= 0.3 is 0 Å². The maximum Gasteiger partial charge on any atom is 0.297 e. The fourth-order valence-corrected chi connectivity index (χ4v) is 13.0. The first-order valence-corrected chi connectivity index (χ1v) is 30.8. The van der Waals surface area contributed by atoms with Gasteiger partial charge in [0, 0.05) is 33.2 Å². The maximum atomic E-state index is 12.9. The van der Waals surface area contributed by atoms with Gasteiger partial charge in [-0.25, -0.2) is 4.98 Å². The first-order valence-electron chi connectivity index (χ1n) is 21.2. The van der Waals surface area contributed by atoms with Crippen LogP contribution in [0, 0.1) is 6.92 Å². The molecule has 2 heterocycles. The minimum atomic E-state index is -5.42. The van der Waals surface area contributed by atoms with E-state index in [0.717, 1.165) is 47.9 Å². The van der Waals surface area contributed by atoms with Gasteiger partial charge in [0.05, 0.1) is 51.7 Å². The molecule has 8 rings (SSSR count). The number of aliphatic hydroxyl groups is 1. The van der Waals surface area contributed by atoms with Crippen molar-refractivity contribution in [3.63, 3.8) is 0 Å². The molecule has 0 amide bonds. The molecule has 0 atom stereocenters. The van der Waals surface area contributed by atoms with Crippen LogP contribution in [0.1, 0.15) is 17.5 Å². The lowest BCUT2D eigenvalue weighted by Crippen LogP contribution is -2.08. The van der Waals surface area contributed by atoms with E-state index < -0.39 is 137 Å². The molecule has 9 N–H and O–H groups in total. The van der Waals surface area contributed by atoms with Gasteiger partial charge in [-0.1, -0.05) is 23.5 Å². The number of phenols is 1. The summed E-state index contributed by atoms with van der Waals surface area (Å²) in [6.07, 6.45) is 0.561. The largest absolute Gasteiger partial charge is 0.505 e. The zero-order chi connectivity index (χ0) is 57.9. The third-order valence-electron chi connectivity index (χ3n) is 11.0. The molecule has 31 nitrogen and oxygen atoms in total. The molecule has 0 aliphatic rings. The van der Waals surface area contributed by atoms with Gasteiger partial charge in [-0.15, -0.1) is 30.7 Å². The number of benzene rings is 6. The molecule has 38 heteroatoms. The van der Waals surface area contributed by atoms with Crippen LogP contribution in [0.25, 0.3) is 37.4 Å². The second-order valence-electron chi connectivity index (χ2n) is 16.3. The van der Waals surface area contributed by atoms with Crippen LogP contribution >= 0.6 is 11.3 Å². The number of azo groups is 3. The number of nitrogens with zero attached hydrogens (tertiary/aromatic N) is 9. The number of ether oxygens (including phenoxy) is 1. The van der Waals surface area contributed by atoms with Crippen molar-refractivity contribution in [3.8, 4) is 23.1 Å². The van der Waals surface area contributed by atoms with E-state index in [-0.39, 0.29) is 73.6 Å². The van der Waals surface area contributed by atoms with Crippen LogP contribution in [0.3, 0.4) is 0 Å². The first kappa shape index (κ1) is 57.7. The van der Waals surface area contributed by atoms with Crippen LogP contribution in [0.4, 0.5) is 33.6 Å². The number of hydrogen-bond acceptors (Lipinski definition) is 25. The van der Waals surface area contributed by atoms with E-state index >= 15 is 0 Å². The third-order valence-corrected chi connectivity index (χ3v) is 17.4. The molecule has 79 heavy (non-hydrogen) atoms. The highest BCUT2D eigenvalue weighted by atomic mass is 32.2. The summed E-state index contributed by atoms with van der Waals surface area (Å²) >= 11 is 0.731. The first-order chi connectivity index (χ1) is 36.6. The molecule has 0 saturated heterocycles. The predicted octanol–water partition coefficient (Wildman–Crippen LogP) is 7.14. The predicted molar refractivity (Wildman–Crippen MR) is 273 cm³/mol. The van der Waals surface area contributed by atoms with Crippen molar-refractivity contribution in [3.05, 3.63) is 90.1 Å². The number of phenolic OH excluding ortho intramolecular Hbond substituents is 1. The number of fused-ring (bicyclic) bond motifs is 3. The summed E-state index contributed by atoms with van der Waals surface area (Å²) in [5.74, 6) is -2.52. The van der Waals surface area contributed by atoms with Gasteiger partial charge in [-0.05, 0) is 73.5 Å². The fraction of sp³-hybridized carbons (Fsp3) is 0.122. The van der Waals surface area contributed by atoms with Crippen molar-refractivity contribution >= 4 is 137 Å². The Labute approximate surface area is 448 Å². The van der Waals surface area contributed by atoms with Gasteiger partial charge in [0.25, 0.3) is 60.7 Å². The molecule has 0 fully saturated rings. The van der Waals surface area contributed by atoms with E-state index in [4.69, 9.17) is 4.74 Å². The van der Waals surface area contributed by atoms with Crippen LogP contribution in [-0.4, -0.2) is 120 Å². The Morgan fingerprint density at radius 3 is 1.81 bits per heavy atom. The summed E-state index contributed by atoms with van der Waals surface area (Å²) in [6.45, 7) is 0.518.